The van der Waals surface area contributed by atoms with Crippen LogP contribution in [0.2, 0.25) is 0 Å². The molecule has 2 aliphatic carbocycles. The molecule has 3 heterocycles. The summed E-state index contributed by atoms with van der Waals surface area (Å²) >= 11 is 0. The van der Waals surface area contributed by atoms with Gasteiger partial charge in [-0.2, -0.15) is 6.07 Å². The number of rotatable bonds is 9. The third-order valence-electron chi connectivity index (χ3n) is 19.4. The fraction of sp³-hybridized carbons (Fsp3) is 0.205. The van der Waals surface area contributed by atoms with Crippen LogP contribution in [0.15, 0.2) is 231 Å². The Hall–Kier alpha value is -8.76. The second-order valence-corrected chi connectivity index (χ2v) is 27.9. The molecule has 1 aliphatic heterocycles. The molecular weight excluding hydrogens is 1260 g/mol. The first-order valence-electron chi connectivity index (χ1n) is 31.2. The fourth-order valence-electron chi connectivity index (χ4n) is 14.6. The maximum atomic E-state index is 7.41. The van der Waals surface area contributed by atoms with Crippen molar-refractivity contribution in [2.45, 2.75) is 109 Å². The van der Waals surface area contributed by atoms with Crippen LogP contribution in [0.4, 0.5) is 22.7 Å². The number of hydrogen-bond donors (Lipinski definition) is 0. The van der Waals surface area contributed by atoms with Gasteiger partial charge in [-0.25, -0.2) is 4.98 Å². The van der Waals surface area contributed by atoms with Crippen LogP contribution >= 0.6 is 0 Å². The second-order valence-electron chi connectivity index (χ2n) is 27.9. The van der Waals surface area contributed by atoms with Crippen molar-refractivity contribution < 1.29 is 25.8 Å². The van der Waals surface area contributed by atoms with Crippen LogP contribution in [0.25, 0.3) is 61.0 Å². The first-order chi connectivity index (χ1) is 42.4. The summed E-state index contributed by atoms with van der Waals surface area (Å²) in [5, 5.41) is 2.24. The third kappa shape index (κ3) is 9.49. The zero-order valence-corrected chi connectivity index (χ0v) is 54.7. The van der Waals surface area contributed by atoms with Gasteiger partial charge in [0.1, 0.15) is 5.82 Å². The average molecular weight is 1340 g/mol. The van der Waals surface area contributed by atoms with Crippen molar-refractivity contribution in [2.75, 3.05) is 9.80 Å². The molecule has 12 aromatic rings. The van der Waals surface area contributed by atoms with Gasteiger partial charge >= 0.3 is 0 Å². The number of fused-ring (bicyclic) bond motifs is 8. The Morgan fingerprint density at radius 2 is 1.04 bits per heavy atom. The van der Waals surface area contributed by atoms with Crippen molar-refractivity contribution in [3.63, 3.8) is 0 Å². The van der Waals surface area contributed by atoms with E-state index in [1.54, 1.807) is 0 Å². The Kier molecular flexibility index (Phi) is 14.0. The molecule has 89 heavy (non-hydrogen) atoms. The summed E-state index contributed by atoms with van der Waals surface area (Å²) in [6.07, 6.45) is 3.97. The molecule has 0 amide bonds. The molecule has 10 aromatic carbocycles. The second kappa shape index (κ2) is 21.5. The third-order valence-corrected chi connectivity index (χ3v) is 19.4. The van der Waals surface area contributed by atoms with E-state index in [1.165, 1.54) is 55.6 Å². The monoisotopic (exact) mass is 1340 g/mol. The summed E-state index contributed by atoms with van der Waals surface area (Å²) in [6.45, 7) is 25.5. The SMILES string of the molecule is CC(C)(C)c1ccc(C2(c3cc(-c4ccccc4)c(N4[CH-]N(c5[c-]c(Oc6[c-]c7c(cc6)c6ccccc6n7-c6cc(C(C)(C)C)ccn6)c6c(c5)C(C)(C)CCC6(C)C)c5ccccc54)c(-c4ccccc4)c3)c3ccccc3-c3ccccc32)cc1.[Pt]. The van der Waals surface area contributed by atoms with E-state index >= 15 is 0 Å². The zero-order chi connectivity index (χ0) is 60.5. The molecule has 0 fully saturated rings. The Labute approximate surface area is 540 Å². The van der Waals surface area contributed by atoms with E-state index in [0.29, 0.717) is 5.75 Å². The van der Waals surface area contributed by atoms with Gasteiger partial charge in [0.15, 0.2) is 0 Å². The first kappa shape index (κ1) is 58.0. The molecule has 15 rings (SSSR count). The van der Waals surface area contributed by atoms with Crippen LogP contribution < -0.4 is 14.5 Å². The minimum atomic E-state index is -0.657. The van der Waals surface area contributed by atoms with Crippen LogP contribution in [-0.4, -0.2) is 9.55 Å². The molecule has 3 aliphatic rings. The molecule has 444 valence electrons. The topological polar surface area (TPSA) is 33.5 Å². The van der Waals surface area contributed by atoms with Gasteiger partial charge in [-0.05, 0) is 126 Å². The minimum absolute atomic E-state index is 0. The van der Waals surface area contributed by atoms with Crippen molar-refractivity contribution in [3.8, 4) is 50.7 Å². The van der Waals surface area contributed by atoms with E-state index in [4.69, 9.17) is 9.72 Å². The van der Waals surface area contributed by atoms with E-state index in [2.05, 4.69) is 327 Å². The number of nitrogens with zero attached hydrogens (tertiary/aromatic N) is 4. The Balaban J connectivity index is 0.00000694. The van der Waals surface area contributed by atoms with Gasteiger partial charge in [0, 0.05) is 72.5 Å². The number of anilines is 4. The summed E-state index contributed by atoms with van der Waals surface area (Å²) in [5.74, 6) is 2.20. The molecule has 0 bridgehead atoms. The molecule has 5 nitrogen and oxygen atoms in total. The summed E-state index contributed by atoms with van der Waals surface area (Å²) < 4.78 is 9.66. The van der Waals surface area contributed by atoms with Crippen LogP contribution in [0.5, 0.6) is 11.5 Å². The van der Waals surface area contributed by atoms with Gasteiger partial charge in [-0.15, -0.1) is 53.1 Å². The predicted octanol–water partition coefficient (Wildman–Crippen LogP) is 21.6. The number of benzene rings is 10. The number of pyridine rings is 1. The van der Waals surface area contributed by atoms with Crippen molar-refractivity contribution in [3.05, 3.63) is 294 Å². The summed E-state index contributed by atoms with van der Waals surface area (Å²) in [7, 11) is 0. The number of hydrogen-bond acceptors (Lipinski definition) is 4. The Bertz CT molecular complexity index is 4610. The van der Waals surface area contributed by atoms with Gasteiger partial charge in [0.25, 0.3) is 0 Å². The van der Waals surface area contributed by atoms with Crippen molar-refractivity contribution in [2.24, 2.45) is 0 Å². The molecule has 6 heteroatoms. The van der Waals surface area contributed by atoms with Gasteiger partial charge in [-0.3, -0.25) is 0 Å². The summed E-state index contributed by atoms with van der Waals surface area (Å²) in [4.78, 5) is 9.78. The minimum Gasteiger partial charge on any atom is -0.509 e. The van der Waals surface area contributed by atoms with Crippen LogP contribution in [0.1, 0.15) is 127 Å². The van der Waals surface area contributed by atoms with E-state index < -0.39 is 5.41 Å². The zero-order valence-electron chi connectivity index (χ0n) is 52.4. The van der Waals surface area contributed by atoms with E-state index in [1.807, 2.05) is 6.20 Å². The number of para-hydroxylation sites is 3. The van der Waals surface area contributed by atoms with E-state index in [0.717, 1.165) is 91.2 Å². The Morgan fingerprint density at radius 3 is 1.67 bits per heavy atom. The number of ether oxygens (including phenoxy) is 1. The van der Waals surface area contributed by atoms with E-state index in [-0.39, 0.29) is 42.7 Å². The standard InChI is InChI=1S/C83H73N4O.Pt/c1-79(2,3)56-37-39-57(40-38-56)83(68-32-20-17-29-62(68)63-30-18-21-33-69(63)83)59-47-66(54-25-13-11-14-26-54)78(67(48-59)55-27-15-12-16-28-55)86-53-85(72-35-23-24-36-73(72)86)60-50-70-77(82(9,10)45-44-81(70,7)8)75(51-60)88-61-41-42-65-64-31-19-22-34-71(64)87(74(65)52-61)76-49-58(43-46-84-76)80(4,5)6;/h11-43,46-50,53H,44-45H2,1-10H3;/q-3;. The molecule has 0 saturated carbocycles. The quantitative estimate of drug-likeness (QED) is 0.135. The van der Waals surface area contributed by atoms with Gasteiger partial charge < -0.3 is 19.1 Å². The summed E-state index contributed by atoms with van der Waals surface area (Å²) in [6, 6.07) is 91.0. The smallest absolute Gasteiger partial charge is 0.135 e. The van der Waals surface area contributed by atoms with Crippen LogP contribution in [0.3, 0.4) is 0 Å². The van der Waals surface area contributed by atoms with Gasteiger partial charge in [0.05, 0.1) is 5.41 Å². The molecule has 0 atom stereocenters. The maximum absolute atomic E-state index is 7.41. The molecule has 0 spiro atoms. The van der Waals surface area contributed by atoms with Crippen molar-refractivity contribution in [1.29, 1.82) is 0 Å². The van der Waals surface area contributed by atoms with Gasteiger partial charge in [-0.1, -0.05) is 250 Å². The summed E-state index contributed by atoms with van der Waals surface area (Å²) in [5.41, 5.74) is 22.1. The average Bonchev–Trinajstić information content (AvgIpc) is 1.58. The molecule has 0 N–H and O–H groups in total. The van der Waals surface area contributed by atoms with Crippen molar-refractivity contribution >= 4 is 44.6 Å². The largest absolute Gasteiger partial charge is 0.509 e. The number of aromatic nitrogens is 2. The van der Waals surface area contributed by atoms with Gasteiger partial charge in [0.2, 0.25) is 0 Å². The molecule has 2 aromatic heterocycles. The normalized spacial score (nSPS) is 15.3. The first-order valence-corrected chi connectivity index (χ1v) is 31.2. The molecule has 0 unspecified atom stereocenters. The molecular formula is C83H73N4OPt-3. The van der Waals surface area contributed by atoms with E-state index in [9.17, 15) is 0 Å². The maximum Gasteiger partial charge on any atom is 0.135 e. The molecule has 0 saturated heterocycles. The fourth-order valence-corrected chi connectivity index (χ4v) is 14.6. The predicted molar refractivity (Wildman–Crippen MR) is 365 cm³/mol. The van der Waals surface area contributed by atoms with Crippen molar-refractivity contribution in [1.82, 2.24) is 9.55 Å². The molecule has 0 radical (unpaired) electrons. The Morgan fingerprint density at radius 1 is 0.483 bits per heavy atom. The van der Waals surface area contributed by atoms with Crippen LogP contribution in [-0.2, 0) is 48.1 Å². The van der Waals surface area contributed by atoms with Crippen LogP contribution in [0, 0.1) is 18.8 Å².